The van der Waals surface area contributed by atoms with E-state index in [4.69, 9.17) is 0 Å². The minimum atomic E-state index is -0.119. The van der Waals surface area contributed by atoms with Gasteiger partial charge in [0.25, 0.3) is 0 Å². The molecule has 1 saturated heterocycles. The third kappa shape index (κ3) is 6.26. The number of carbonyl (C=O) groups is 2. The largest absolute Gasteiger partial charge is 0.354 e. The molecule has 0 spiro atoms. The quantitative estimate of drug-likeness (QED) is 0.614. The van der Waals surface area contributed by atoms with Crippen LogP contribution in [-0.2, 0) is 9.59 Å². The van der Waals surface area contributed by atoms with E-state index in [-0.39, 0.29) is 24.4 Å². The lowest BCUT2D eigenvalue weighted by atomic mass is 10.1. The van der Waals surface area contributed by atoms with E-state index in [1.807, 2.05) is 13.8 Å². The molecule has 0 aromatic heterocycles. The van der Waals surface area contributed by atoms with E-state index in [0.717, 1.165) is 19.4 Å². The summed E-state index contributed by atoms with van der Waals surface area (Å²) in [4.78, 5) is 22.9. The summed E-state index contributed by atoms with van der Waals surface area (Å²) < 4.78 is 0. The van der Waals surface area contributed by atoms with Crippen molar-refractivity contribution in [2.75, 3.05) is 19.6 Å². The third-order valence-electron chi connectivity index (χ3n) is 2.75. The van der Waals surface area contributed by atoms with Gasteiger partial charge in [-0.15, -0.1) is 0 Å². The second kappa shape index (κ2) is 7.27. The van der Waals surface area contributed by atoms with E-state index in [1.54, 1.807) is 0 Å². The highest BCUT2D eigenvalue weighted by molar-refractivity contribution is 5.84. The van der Waals surface area contributed by atoms with Crippen LogP contribution in [0.1, 0.15) is 33.1 Å². The zero-order valence-electron chi connectivity index (χ0n) is 10.7. The Morgan fingerprint density at radius 1 is 1.29 bits per heavy atom. The van der Waals surface area contributed by atoms with Gasteiger partial charge in [-0.2, -0.15) is 0 Å². The Bertz CT molecular complexity index is 260. The second-order valence-corrected chi connectivity index (χ2v) is 4.97. The summed E-state index contributed by atoms with van der Waals surface area (Å²) in [6.07, 6.45) is 2.65. The van der Waals surface area contributed by atoms with Gasteiger partial charge >= 0.3 is 0 Å². The molecule has 1 unspecified atom stereocenters. The SMILES string of the molecule is CC(C)CNC(=O)CNC(=O)CC1CCCN1. The van der Waals surface area contributed by atoms with Gasteiger partial charge in [0.15, 0.2) is 0 Å². The Kier molecular flexibility index (Phi) is 5.97. The minimum absolute atomic E-state index is 0.0518. The van der Waals surface area contributed by atoms with Gasteiger partial charge in [0, 0.05) is 19.0 Å². The number of hydrogen-bond donors (Lipinski definition) is 3. The van der Waals surface area contributed by atoms with Crippen LogP contribution in [0.4, 0.5) is 0 Å². The van der Waals surface area contributed by atoms with Gasteiger partial charge in [-0.1, -0.05) is 13.8 Å². The van der Waals surface area contributed by atoms with E-state index < -0.39 is 0 Å². The first kappa shape index (κ1) is 14.0. The van der Waals surface area contributed by atoms with Crippen molar-refractivity contribution in [2.24, 2.45) is 5.92 Å². The highest BCUT2D eigenvalue weighted by atomic mass is 16.2. The van der Waals surface area contributed by atoms with E-state index in [2.05, 4.69) is 16.0 Å². The zero-order valence-corrected chi connectivity index (χ0v) is 10.7. The normalized spacial score (nSPS) is 19.4. The lowest BCUT2D eigenvalue weighted by Gasteiger charge is -2.11. The Hall–Kier alpha value is -1.10. The predicted molar refractivity (Wildman–Crippen MR) is 66.5 cm³/mol. The molecule has 0 radical (unpaired) electrons. The summed E-state index contributed by atoms with van der Waals surface area (Å²) in [6, 6.07) is 0.286. The maximum absolute atomic E-state index is 11.5. The maximum atomic E-state index is 11.5. The number of amides is 2. The highest BCUT2D eigenvalue weighted by Crippen LogP contribution is 2.07. The fourth-order valence-corrected chi connectivity index (χ4v) is 1.79. The fraction of sp³-hybridized carbons (Fsp3) is 0.833. The molecule has 17 heavy (non-hydrogen) atoms. The molecule has 0 aromatic carbocycles. The Morgan fingerprint density at radius 3 is 2.65 bits per heavy atom. The van der Waals surface area contributed by atoms with Crippen molar-refractivity contribution in [3.05, 3.63) is 0 Å². The van der Waals surface area contributed by atoms with Crippen LogP contribution in [-0.4, -0.2) is 37.5 Å². The Morgan fingerprint density at radius 2 is 2.06 bits per heavy atom. The van der Waals surface area contributed by atoms with Gasteiger partial charge in [-0.3, -0.25) is 9.59 Å². The van der Waals surface area contributed by atoms with Gasteiger partial charge in [0.1, 0.15) is 0 Å². The van der Waals surface area contributed by atoms with Crippen LogP contribution in [0.3, 0.4) is 0 Å². The molecular formula is C12H23N3O2. The molecule has 2 amide bonds. The first-order valence-electron chi connectivity index (χ1n) is 6.34. The van der Waals surface area contributed by atoms with Gasteiger partial charge in [0.05, 0.1) is 6.54 Å². The van der Waals surface area contributed by atoms with Gasteiger partial charge in [0.2, 0.25) is 11.8 Å². The van der Waals surface area contributed by atoms with Crippen LogP contribution in [0.5, 0.6) is 0 Å². The van der Waals surface area contributed by atoms with Crippen molar-refractivity contribution in [3.8, 4) is 0 Å². The summed E-state index contributed by atoms with van der Waals surface area (Å²) in [5.74, 6) is 0.257. The number of nitrogens with one attached hydrogen (secondary N) is 3. The van der Waals surface area contributed by atoms with Gasteiger partial charge in [-0.25, -0.2) is 0 Å². The molecule has 1 aliphatic heterocycles. The van der Waals surface area contributed by atoms with E-state index in [0.29, 0.717) is 18.9 Å². The molecule has 0 aromatic rings. The van der Waals surface area contributed by atoms with Crippen LogP contribution in [0.25, 0.3) is 0 Å². The number of carbonyl (C=O) groups excluding carboxylic acids is 2. The number of rotatable bonds is 6. The summed E-state index contributed by atoms with van der Waals surface area (Å²) >= 11 is 0. The zero-order chi connectivity index (χ0) is 12.7. The average molecular weight is 241 g/mol. The third-order valence-corrected chi connectivity index (χ3v) is 2.75. The Labute approximate surface area is 103 Å². The van der Waals surface area contributed by atoms with Gasteiger partial charge < -0.3 is 16.0 Å². The van der Waals surface area contributed by atoms with Gasteiger partial charge in [-0.05, 0) is 25.3 Å². The summed E-state index contributed by atoms with van der Waals surface area (Å²) in [5.41, 5.74) is 0. The van der Waals surface area contributed by atoms with Crippen LogP contribution >= 0.6 is 0 Å². The maximum Gasteiger partial charge on any atom is 0.239 e. The summed E-state index contributed by atoms with van der Waals surface area (Å²) in [6.45, 7) is 5.79. The molecule has 1 fully saturated rings. The summed E-state index contributed by atoms with van der Waals surface area (Å²) in [7, 11) is 0. The molecule has 98 valence electrons. The monoisotopic (exact) mass is 241 g/mol. The fourth-order valence-electron chi connectivity index (χ4n) is 1.79. The molecule has 5 nitrogen and oxygen atoms in total. The molecule has 3 N–H and O–H groups in total. The second-order valence-electron chi connectivity index (χ2n) is 4.97. The van der Waals surface area contributed by atoms with Crippen LogP contribution in [0, 0.1) is 5.92 Å². The number of hydrogen-bond acceptors (Lipinski definition) is 3. The molecule has 0 aliphatic carbocycles. The highest BCUT2D eigenvalue weighted by Gasteiger charge is 2.17. The van der Waals surface area contributed by atoms with Crippen molar-refractivity contribution in [3.63, 3.8) is 0 Å². The average Bonchev–Trinajstić information content (AvgIpc) is 2.76. The standard InChI is InChI=1S/C12H23N3O2/c1-9(2)7-14-12(17)8-15-11(16)6-10-4-3-5-13-10/h9-10,13H,3-8H2,1-2H3,(H,14,17)(H,15,16). The minimum Gasteiger partial charge on any atom is -0.354 e. The smallest absolute Gasteiger partial charge is 0.239 e. The molecule has 1 atom stereocenters. The van der Waals surface area contributed by atoms with Crippen molar-refractivity contribution in [2.45, 2.75) is 39.2 Å². The molecule has 1 rings (SSSR count). The van der Waals surface area contributed by atoms with Crippen molar-refractivity contribution in [1.29, 1.82) is 0 Å². The van der Waals surface area contributed by atoms with E-state index in [9.17, 15) is 9.59 Å². The van der Waals surface area contributed by atoms with Crippen molar-refractivity contribution < 1.29 is 9.59 Å². The van der Waals surface area contributed by atoms with Crippen LogP contribution in [0.15, 0.2) is 0 Å². The Balaban J connectivity index is 2.08. The molecule has 0 bridgehead atoms. The lowest BCUT2D eigenvalue weighted by molar-refractivity contribution is -0.126. The van der Waals surface area contributed by atoms with E-state index >= 15 is 0 Å². The first-order chi connectivity index (χ1) is 8.08. The molecular weight excluding hydrogens is 218 g/mol. The molecule has 5 heteroatoms. The predicted octanol–water partition coefficient (Wildman–Crippen LogP) is 0.0169. The summed E-state index contributed by atoms with van der Waals surface area (Å²) in [5, 5.41) is 8.66. The first-order valence-corrected chi connectivity index (χ1v) is 6.34. The molecule has 1 heterocycles. The van der Waals surface area contributed by atoms with Crippen LogP contribution in [0.2, 0.25) is 0 Å². The van der Waals surface area contributed by atoms with E-state index in [1.165, 1.54) is 0 Å². The van der Waals surface area contributed by atoms with Crippen LogP contribution < -0.4 is 16.0 Å². The molecule has 1 aliphatic rings. The lowest BCUT2D eigenvalue weighted by Crippen LogP contribution is -2.40. The van der Waals surface area contributed by atoms with Crippen molar-refractivity contribution >= 4 is 11.8 Å². The molecule has 0 saturated carbocycles. The van der Waals surface area contributed by atoms with Crippen molar-refractivity contribution in [1.82, 2.24) is 16.0 Å². The topological polar surface area (TPSA) is 70.2 Å².